The molecule has 0 heterocycles. The molecule has 2 aromatic rings. The van der Waals surface area contributed by atoms with E-state index in [1.54, 1.807) is 12.1 Å². The highest BCUT2D eigenvalue weighted by Gasteiger charge is 2.05. The van der Waals surface area contributed by atoms with Crippen molar-refractivity contribution in [3.05, 3.63) is 58.4 Å². The first-order valence-corrected chi connectivity index (χ1v) is 6.30. The highest BCUT2D eigenvalue weighted by molar-refractivity contribution is 6.33. The molecule has 0 radical (unpaired) electrons. The molecule has 0 aliphatic carbocycles. The topological polar surface area (TPSA) is 21.3 Å². The van der Waals surface area contributed by atoms with Gasteiger partial charge in [0.15, 0.2) is 0 Å². The highest BCUT2D eigenvalue weighted by atomic mass is 35.5. The molecule has 0 aliphatic heterocycles. The van der Waals surface area contributed by atoms with Gasteiger partial charge in [0.25, 0.3) is 0 Å². The monoisotopic (exact) mass is 279 g/mol. The summed E-state index contributed by atoms with van der Waals surface area (Å²) in [4.78, 5) is 0. The quantitative estimate of drug-likeness (QED) is 0.895. The van der Waals surface area contributed by atoms with Gasteiger partial charge >= 0.3 is 0 Å². The number of ether oxygens (including phenoxy) is 1. The second-order valence-corrected chi connectivity index (χ2v) is 4.70. The van der Waals surface area contributed by atoms with E-state index < -0.39 is 0 Å². The predicted molar refractivity (Wildman–Crippen MR) is 76.5 cm³/mol. The van der Waals surface area contributed by atoms with Crippen molar-refractivity contribution in [2.75, 3.05) is 12.4 Å². The largest absolute Gasteiger partial charge is 0.497 e. The standard InChI is InChI=1S/C15H15ClFNO/c1-10-3-6-15(13(16)7-10)18-9-11-4-5-12(19-2)8-14(11)17/h3-8,18H,9H2,1-2H3. The Labute approximate surface area is 117 Å². The van der Waals surface area contributed by atoms with Crippen LogP contribution in [0.2, 0.25) is 5.02 Å². The van der Waals surface area contributed by atoms with Gasteiger partial charge in [-0.05, 0) is 30.7 Å². The van der Waals surface area contributed by atoms with E-state index in [0.29, 0.717) is 22.9 Å². The summed E-state index contributed by atoms with van der Waals surface area (Å²) in [6.45, 7) is 2.34. The van der Waals surface area contributed by atoms with Crippen LogP contribution in [0.4, 0.5) is 10.1 Å². The highest BCUT2D eigenvalue weighted by Crippen LogP contribution is 2.24. The van der Waals surface area contributed by atoms with Crippen LogP contribution in [0.25, 0.3) is 0 Å². The maximum absolute atomic E-state index is 13.8. The zero-order valence-electron chi connectivity index (χ0n) is 10.8. The van der Waals surface area contributed by atoms with Crippen LogP contribution in [0.3, 0.4) is 0 Å². The molecule has 0 saturated heterocycles. The van der Waals surface area contributed by atoms with Crippen LogP contribution in [-0.2, 0) is 6.54 Å². The molecule has 1 N–H and O–H groups in total. The Morgan fingerprint density at radius 2 is 2.00 bits per heavy atom. The Hall–Kier alpha value is -1.74. The lowest BCUT2D eigenvalue weighted by Gasteiger charge is -2.10. The van der Waals surface area contributed by atoms with Crippen molar-refractivity contribution in [3.8, 4) is 5.75 Å². The second kappa shape index (κ2) is 5.93. The third kappa shape index (κ3) is 3.38. The van der Waals surface area contributed by atoms with Gasteiger partial charge in [0.2, 0.25) is 0 Å². The Morgan fingerprint density at radius 1 is 1.21 bits per heavy atom. The van der Waals surface area contributed by atoms with Gasteiger partial charge < -0.3 is 10.1 Å². The lowest BCUT2D eigenvalue weighted by molar-refractivity contribution is 0.411. The van der Waals surface area contributed by atoms with Gasteiger partial charge in [0.05, 0.1) is 17.8 Å². The van der Waals surface area contributed by atoms with Crippen LogP contribution in [0.1, 0.15) is 11.1 Å². The molecule has 0 amide bonds. The summed E-state index contributed by atoms with van der Waals surface area (Å²) in [5.74, 6) is 0.213. The molecule has 0 aliphatic rings. The van der Waals surface area contributed by atoms with Crippen LogP contribution in [0.5, 0.6) is 5.75 Å². The minimum Gasteiger partial charge on any atom is -0.497 e. The molecule has 0 fully saturated rings. The van der Waals surface area contributed by atoms with Crippen molar-refractivity contribution >= 4 is 17.3 Å². The molecule has 2 rings (SSSR count). The van der Waals surface area contributed by atoms with Gasteiger partial charge in [0, 0.05) is 18.2 Å². The number of halogens is 2. The van der Waals surface area contributed by atoms with Crippen molar-refractivity contribution in [1.29, 1.82) is 0 Å². The fraction of sp³-hybridized carbons (Fsp3) is 0.200. The number of methoxy groups -OCH3 is 1. The average molecular weight is 280 g/mol. The first-order chi connectivity index (χ1) is 9.10. The van der Waals surface area contributed by atoms with Crippen molar-refractivity contribution in [2.24, 2.45) is 0 Å². The minimum atomic E-state index is -0.296. The minimum absolute atomic E-state index is 0.296. The fourth-order valence-electron chi connectivity index (χ4n) is 1.75. The summed E-state index contributed by atoms with van der Waals surface area (Å²) in [5.41, 5.74) is 2.45. The number of benzene rings is 2. The number of rotatable bonds is 4. The third-order valence-corrected chi connectivity index (χ3v) is 3.17. The van der Waals surface area contributed by atoms with E-state index in [9.17, 15) is 4.39 Å². The summed E-state index contributed by atoms with van der Waals surface area (Å²) < 4.78 is 18.7. The Balaban J connectivity index is 2.10. The van der Waals surface area contributed by atoms with E-state index in [-0.39, 0.29) is 5.82 Å². The Bertz CT molecular complexity index is 586. The maximum Gasteiger partial charge on any atom is 0.131 e. The number of anilines is 1. The number of hydrogen-bond donors (Lipinski definition) is 1. The Kier molecular flexibility index (Phi) is 4.27. The van der Waals surface area contributed by atoms with E-state index in [0.717, 1.165) is 11.3 Å². The first-order valence-electron chi connectivity index (χ1n) is 5.92. The molecule has 19 heavy (non-hydrogen) atoms. The van der Waals surface area contributed by atoms with Gasteiger partial charge in [-0.15, -0.1) is 0 Å². The van der Waals surface area contributed by atoms with Crippen molar-refractivity contribution in [1.82, 2.24) is 0 Å². The molecule has 0 saturated carbocycles. The summed E-state index contributed by atoms with van der Waals surface area (Å²) in [7, 11) is 1.51. The molecule has 0 spiro atoms. The SMILES string of the molecule is COc1ccc(CNc2ccc(C)cc2Cl)c(F)c1. The average Bonchev–Trinajstić information content (AvgIpc) is 2.39. The van der Waals surface area contributed by atoms with Crippen molar-refractivity contribution in [3.63, 3.8) is 0 Å². The summed E-state index contributed by atoms with van der Waals surface area (Å²) in [6.07, 6.45) is 0. The van der Waals surface area contributed by atoms with E-state index in [4.69, 9.17) is 16.3 Å². The molecular formula is C15H15ClFNO. The van der Waals surface area contributed by atoms with Gasteiger partial charge in [-0.1, -0.05) is 23.7 Å². The van der Waals surface area contributed by atoms with Gasteiger partial charge in [-0.25, -0.2) is 4.39 Å². The molecule has 100 valence electrons. The zero-order valence-corrected chi connectivity index (χ0v) is 11.6. The molecule has 2 nitrogen and oxygen atoms in total. The molecule has 0 aromatic heterocycles. The van der Waals surface area contributed by atoms with Crippen LogP contribution < -0.4 is 10.1 Å². The third-order valence-electron chi connectivity index (χ3n) is 2.85. The molecule has 0 atom stereocenters. The zero-order chi connectivity index (χ0) is 13.8. The lowest BCUT2D eigenvalue weighted by Crippen LogP contribution is -2.02. The molecule has 2 aromatic carbocycles. The van der Waals surface area contributed by atoms with Crippen molar-refractivity contribution in [2.45, 2.75) is 13.5 Å². The normalized spacial score (nSPS) is 10.3. The van der Waals surface area contributed by atoms with Gasteiger partial charge in [-0.2, -0.15) is 0 Å². The number of hydrogen-bond acceptors (Lipinski definition) is 2. The number of nitrogens with one attached hydrogen (secondary N) is 1. The van der Waals surface area contributed by atoms with Crippen LogP contribution in [-0.4, -0.2) is 7.11 Å². The van der Waals surface area contributed by atoms with E-state index in [1.165, 1.54) is 13.2 Å². The van der Waals surface area contributed by atoms with Crippen molar-refractivity contribution < 1.29 is 9.13 Å². The van der Waals surface area contributed by atoms with Gasteiger partial charge in [0.1, 0.15) is 11.6 Å². The van der Waals surface area contributed by atoms with Crippen LogP contribution in [0.15, 0.2) is 36.4 Å². The van der Waals surface area contributed by atoms with Gasteiger partial charge in [-0.3, -0.25) is 0 Å². The van der Waals surface area contributed by atoms with Crippen LogP contribution in [0, 0.1) is 12.7 Å². The smallest absolute Gasteiger partial charge is 0.131 e. The van der Waals surface area contributed by atoms with E-state index in [1.807, 2.05) is 25.1 Å². The first kappa shape index (κ1) is 13.7. The summed E-state index contributed by atoms with van der Waals surface area (Å²) >= 11 is 6.11. The maximum atomic E-state index is 13.8. The summed E-state index contributed by atoms with van der Waals surface area (Å²) in [6, 6.07) is 10.5. The second-order valence-electron chi connectivity index (χ2n) is 4.29. The van der Waals surface area contributed by atoms with E-state index >= 15 is 0 Å². The fourth-order valence-corrected chi connectivity index (χ4v) is 2.05. The van der Waals surface area contributed by atoms with E-state index in [2.05, 4.69) is 5.32 Å². The lowest BCUT2D eigenvalue weighted by atomic mass is 10.2. The molecule has 0 bridgehead atoms. The number of aryl methyl sites for hydroxylation is 1. The molecule has 4 heteroatoms. The molecule has 0 unspecified atom stereocenters. The van der Waals surface area contributed by atoms with Crippen LogP contribution >= 0.6 is 11.6 Å². The predicted octanol–water partition coefficient (Wildman–Crippen LogP) is 4.41. The Morgan fingerprint density at radius 3 is 2.63 bits per heavy atom. The molecular weight excluding hydrogens is 265 g/mol. The summed E-state index contributed by atoms with van der Waals surface area (Å²) in [5, 5.41) is 3.76.